The number of imide groups is 1. The lowest BCUT2D eigenvalue weighted by molar-refractivity contribution is -0.173. The van der Waals surface area contributed by atoms with Crippen LogP contribution in [0.1, 0.15) is 33.6 Å². The van der Waals surface area contributed by atoms with Gasteiger partial charge in [-0.05, 0) is 37.0 Å². The van der Waals surface area contributed by atoms with Gasteiger partial charge in [-0.2, -0.15) is 13.2 Å². The number of amides is 4. The van der Waals surface area contributed by atoms with Crippen LogP contribution in [0.15, 0.2) is 22.7 Å². The predicted octanol–water partition coefficient (Wildman–Crippen LogP) is 1.96. The Morgan fingerprint density at radius 2 is 1.72 bits per heavy atom. The van der Waals surface area contributed by atoms with Crippen LogP contribution in [-0.4, -0.2) is 65.8 Å². The Balaban J connectivity index is 1.51. The van der Waals surface area contributed by atoms with E-state index in [2.05, 4.69) is 15.9 Å². The summed E-state index contributed by atoms with van der Waals surface area (Å²) in [6, 6.07) is 4.68. The SMILES string of the molecule is O=C(CN1C(=O)c2ccc(Br)cc2C1=O)N1CCC(CNC(=O)C(F)(F)F)CC1. The largest absolute Gasteiger partial charge is 0.471 e. The number of rotatable bonds is 4. The molecule has 2 aliphatic heterocycles. The van der Waals surface area contributed by atoms with E-state index in [1.54, 1.807) is 6.07 Å². The first-order chi connectivity index (χ1) is 13.6. The van der Waals surface area contributed by atoms with Gasteiger partial charge in [0.25, 0.3) is 11.8 Å². The average Bonchev–Trinajstić information content (AvgIpc) is 2.90. The van der Waals surface area contributed by atoms with Crippen LogP contribution in [0.5, 0.6) is 0 Å². The fourth-order valence-electron chi connectivity index (χ4n) is 3.37. The quantitative estimate of drug-likeness (QED) is 0.674. The fraction of sp³-hybridized carbons (Fsp3) is 0.444. The molecule has 1 aromatic rings. The Labute approximate surface area is 172 Å². The molecule has 0 bridgehead atoms. The van der Waals surface area contributed by atoms with Crippen molar-refractivity contribution in [2.75, 3.05) is 26.2 Å². The summed E-state index contributed by atoms with van der Waals surface area (Å²) < 4.78 is 37.3. The van der Waals surface area contributed by atoms with Gasteiger partial charge in [-0.25, -0.2) is 0 Å². The molecule has 1 aromatic carbocycles. The number of hydrogen-bond acceptors (Lipinski definition) is 4. The minimum atomic E-state index is -4.92. The lowest BCUT2D eigenvalue weighted by Gasteiger charge is -2.32. The summed E-state index contributed by atoms with van der Waals surface area (Å²) in [5.74, 6) is -3.63. The van der Waals surface area contributed by atoms with Crippen LogP contribution in [0.25, 0.3) is 0 Å². The van der Waals surface area contributed by atoms with Crippen molar-refractivity contribution < 1.29 is 32.3 Å². The number of halogens is 4. The molecule has 0 unspecified atom stereocenters. The van der Waals surface area contributed by atoms with Gasteiger partial charge in [-0.3, -0.25) is 24.1 Å². The molecule has 0 radical (unpaired) electrons. The molecule has 2 heterocycles. The molecule has 4 amide bonds. The van der Waals surface area contributed by atoms with Gasteiger partial charge in [0.15, 0.2) is 0 Å². The minimum Gasteiger partial charge on any atom is -0.348 e. The highest BCUT2D eigenvalue weighted by Crippen LogP contribution is 2.26. The molecule has 0 saturated carbocycles. The topological polar surface area (TPSA) is 86.8 Å². The van der Waals surface area contributed by atoms with E-state index in [-0.39, 0.29) is 43.2 Å². The number of carbonyl (C=O) groups excluding carboxylic acids is 4. The first-order valence-electron chi connectivity index (χ1n) is 8.86. The smallest absolute Gasteiger partial charge is 0.348 e. The highest BCUT2D eigenvalue weighted by Gasteiger charge is 2.39. The van der Waals surface area contributed by atoms with Crippen LogP contribution in [0, 0.1) is 5.92 Å². The van der Waals surface area contributed by atoms with E-state index < -0.39 is 29.8 Å². The molecule has 3 rings (SSSR count). The van der Waals surface area contributed by atoms with E-state index in [4.69, 9.17) is 0 Å². The van der Waals surface area contributed by atoms with Crippen LogP contribution in [-0.2, 0) is 9.59 Å². The third-order valence-electron chi connectivity index (χ3n) is 5.00. The van der Waals surface area contributed by atoms with Crippen molar-refractivity contribution >= 4 is 39.6 Å². The zero-order chi connectivity index (χ0) is 21.3. The lowest BCUT2D eigenvalue weighted by atomic mass is 9.96. The number of benzene rings is 1. The Bertz CT molecular complexity index is 866. The standard InChI is InChI=1S/C18H17BrF3N3O4/c19-11-1-2-12-13(7-11)16(28)25(15(12)27)9-14(26)24-5-3-10(4-6-24)8-23-17(29)18(20,21)22/h1-2,7,10H,3-6,8-9H2,(H,23,29). The number of alkyl halides is 3. The number of carbonyl (C=O) groups is 4. The van der Waals surface area contributed by atoms with E-state index in [1.807, 2.05) is 5.32 Å². The molecule has 1 fully saturated rings. The van der Waals surface area contributed by atoms with Crippen molar-refractivity contribution in [2.45, 2.75) is 19.0 Å². The number of piperidine rings is 1. The van der Waals surface area contributed by atoms with Crippen molar-refractivity contribution in [1.29, 1.82) is 0 Å². The maximum absolute atomic E-state index is 12.5. The van der Waals surface area contributed by atoms with Gasteiger partial charge in [0.2, 0.25) is 5.91 Å². The number of nitrogens with one attached hydrogen (secondary N) is 1. The van der Waals surface area contributed by atoms with E-state index in [1.165, 1.54) is 17.0 Å². The predicted molar refractivity (Wildman–Crippen MR) is 97.9 cm³/mol. The number of fused-ring (bicyclic) bond motifs is 1. The molecule has 2 aliphatic rings. The summed E-state index contributed by atoms with van der Waals surface area (Å²) in [7, 11) is 0. The van der Waals surface area contributed by atoms with Gasteiger partial charge in [-0.1, -0.05) is 15.9 Å². The maximum Gasteiger partial charge on any atom is 0.471 e. The second-order valence-corrected chi connectivity index (χ2v) is 7.83. The van der Waals surface area contributed by atoms with Crippen LogP contribution >= 0.6 is 15.9 Å². The summed E-state index contributed by atoms with van der Waals surface area (Å²) in [5, 5.41) is 1.85. The lowest BCUT2D eigenvalue weighted by Crippen LogP contribution is -2.47. The highest BCUT2D eigenvalue weighted by atomic mass is 79.9. The Hall–Kier alpha value is -2.43. The second kappa shape index (κ2) is 8.13. The molecular formula is C18H17BrF3N3O4. The summed E-state index contributed by atoms with van der Waals surface area (Å²) >= 11 is 3.24. The molecule has 0 aliphatic carbocycles. The van der Waals surface area contributed by atoms with Crippen molar-refractivity contribution in [3.05, 3.63) is 33.8 Å². The van der Waals surface area contributed by atoms with Gasteiger partial charge in [-0.15, -0.1) is 0 Å². The molecule has 1 N–H and O–H groups in total. The summed E-state index contributed by atoms with van der Waals surface area (Å²) in [4.78, 5) is 50.6. The molecular weight excluding hydrogens is 459 g/mol. The van der Waals surface area contributed by atoms with Gasteiger partial charge in [0, 0.05) is 24.1 Å². The first-order valence-corrected chi connectivity index (χ1v) is 9.65. The Morgan fingerprint density at radius 1 is 1.10 bits per heavy atom. The Morgan fingerprint density at radius 3 is 2.34 bits per heavy atom. The second-order valence-electron chi connectivity index (χ2n) is 6.92. The summed E-state index contributed by atoms with van der Waals surface area (Å²) in [6.07, 6.45) is -4.09. The number of nitrogens with zero attached hydrogens (tertiary/aromatic N) is 2. The van der Waals surface area contributed by atoms with Crippen molar-refractivity contribution in [3.8, 4) is 0 Å². The molecule has 0 atom stereocenters. The molecule has 29 heavy (non-hydrogen) atoms. The van der Waals surface area contributed by atoms with Gasteiger partial charge in [0.05, 0.1) is 11.1 Å². The summed E-state index contributed by atoms with van der Waals surface area (Å²) in [6.45, 7) is 0.0489. The van der Waals surface area contributed by atoms with E-state index >= 15 is 0 Å². The van der Waals surface area contributed by atoms with Gasteiger partial charge in [0.1, 0.15) is 6.54 Å². The number of hydrogen-bond donors (Lipinski definition) is 1. The van der Waals surface area contributed by atoms with Gasteiger partial charge < -0.3 is 10.2 Å². The fourth-order valence-corrected chi connectivity index (χ4v) is 3.73. The number of likely N-dealkylation sites (tertiary alicyclic amines) is 1. The highest BCUT2D eigenvalue weighted by molar-refractivity contribution is 9.10. The minimum absolute atomic E-state index is 0.117. The van der Waals surface area contributed by atoms with E-state index in [0.29, 0.717) is 17.3 Å². The molecule has 7 nitrogen and oxygen atoms in total. The summed E-state index contributed by atoms with van der Waals surface area (Å²) in [5.41, 5.74) is 0.474. The maximum atomic E-state index is 12.5. The van der Waals surface area contributed by atoms with Crippen molar-refractivity contribution in [1.82, 2.24) is 15.1 Å². The van der Waals surface area contributed by atoms with Crippen LogP contribution in [0.4, 0.5) is 13.2 Å². The van der Waals surface area contributed by atoms with Crippen LogP contribution in [0.2, 0.25) is 0 Å². The molecule has 0 aromatic heterocycles. The molecule has 156 valence electrons. The van der Waals surface area contributed by atoms with Gasteiger partial charge >= 0.3 is 12.1 Å². The normalized spacial score (nSPS) is 17.5. The third-order valence-corrected chi connectivity index (χ3v) is 5.50. The Kier molecular flexibility index (Phi) is 5.97. The van der Waals surface area contributed by atoms with Crippen LogP contribution in [0.3, 0.4) is 0 Å². The first kappa shape index (κ1) is 21.3. The molecule has 0 spiro atoms. The molecule has 1 saturated heterocycles. The third kappa shape index (κ3) is 4.60. The van der Waals surface area contributed by atoms with Crippen molar-refractivity contribution in [3.63, 3.8) is 0 Å². The van der Waals surface area contributed by atoms with E-state index in [0.717, 1.165) is 4.90 Å². The molecule has 11 heteroatoms. The monoisotopic (exact) mass is 475 g/mol. The van der Waals surface area contributed by atoms with Crippen LogP contribution < -0.4 is 5.32 Å². The van der Waals surface area contributed by atoms with Crippen molar-refractivity contribution in [2.24, 2.45) is 5.92 Å². The van der Waals surface area contributed by atoms with E-state index in [9.17, 15) is 32.3 Å². The zero-order valence-electron chi connectivity index (χ0n) is 15.1. The average molecular weight is 476 g/mol. The zero-order valence-corrected chi connectivity index (χ0v) is 16.7.